The van der Waals surface area contributed by atoms with Gasteiger partial charge in [-0.3, -0.25) is 10.2 Å². The van der Waals surface area contributed by atoms with Crippen LogP contribution in [0.2, 0.25) is 0 Å². The van der Waals surface area contributed by atoms with Gasteiger partial charge in [-0.05, 0) is 19.8 Å². The molecule has 2 heterocycles. The number of nitrogens with zero attached hydrogens (tertiary/aromatic N) is 1. The van der Waals surface area contributed by atoms with Crippen molar-refractivity contribution < 1.29 is 4.79 Å². The van der Waals surface area contributed by atoms with E-state index >= 15 is 0 Å². The van der Waals surface area contributed by atoms with E-state index in [2.05, 4.69) is 10.2 Å². The fourth-order valence-corrected chi connectivity index (χ4v) is 2.44. The highest BCUT2D eigenvalue weighted by Gasteiger charge is 2.33. The lowest BCUT2D eigenvalue weighted by Crippen LogP contribution is -2.54. The van der Waals surface area contributed by atoms with E-state index in [4.69, 9.17) is 5.41 Å². The lowest BCUT2D eigenvalue weighted by atomic mass is 9.98. The predicted octanol–water partition coefficient (Wildman–Crippen LogP) is 0.727. The quantitative estimate of drug-likeness (QED) is 0.648. The Labute approximate surface area is 84.2 Å². The summed E-state index contributed by atoms with van der Waals surface area (Å²) in [6.45, 7) is 3.02. The monoisotopic (exact) mass is 195 g/mol. The fourth-order valence-electron chi connectivity index (χ4n) is 2.44. The van der Waals surface area contributed by atoms with Gasteiger partial charge in [0.05, 0.1) is 11.9 Å². The van der Waals surface area contributed by atoms with Gasteiger partial charge in [-0.2, -0.15) is 0 Å². The molecule has 4 nitrogen and oxygen atoms in total. The fraction of sp³-hybridized carbons (Fsp3) is 0.800. The summed E-state index contributed by atoms with van der Waals surface area (Å²) in [6.07, 6.45) is 3.50. The molecule has 0 saturated carbocycles. The van der Waals surface area contributed by atoms with Crippen molar-refractivity contribution in [2.24, 2.45) is 0 Å². The number of amides is 1. The van der Waals surface area contributed by atoms with Crippen molar-refractivity contribution in [1.29, 1.82) is 5.41 Å². The Balaban J connectivity index is 2.03. The Kier molecular flexibility index (Phi) is 2.44. The standard InChI is InChI=1S/C10H17N3O/c1-7-8(4-5-10(14)12-7)13-6-2-3-9(13)11/h7-8,11H,2-6H2,1H3,(H,12,14). The van der Waals surface area contributed by atoms with Crippen LogP contribution in [0.15, 0.2) is 0 Å². The van der Waals surface area contributed by atoms with Crippen LogP contribution in [0.1, 0.15) is 32.6 Å². The summed E-state index contributed by atoms with van der Waals surface area (Å²) in [5, 5.41) is 10.7. The molecule has 0 bridgehead atoms. The van der Waals surface area contributed by atoms with Crippen LogP contribution < -0.4 is 5.32 Å². The molecule has 0 spiro atoms. The second-order valence-electron chi connectivity index (χ2n) is 4.21. The summed E-state index contributed by atoms with van der Waals surface area (Å²) in [5.74, 6) is 0.900. The van der Waals surface area contributed by atoms with Crippen molar-refractivity contribution in [2.45, 2.75) is 44.7 Å². The average molecular weight is 195 g/mol. The van der Waals surface area contributed by atoms with Gasteiger partial charge in [0.1, 0.15) is 0 Å². The van der Waals surface area contributed by atoms with Crippen molar-refractivity contribution in [1.82, 2.24) is 10.2 Å². The molecular weight excluding hydrogens is 178 g/mol. The van der Waals surface area contributed by atoms with E-state index < -0.39 is 0 Å². The van der Waals surface area contributed by atoms with E-state index in [-0.39, 0.29) is 11.9 Å². The number of piperidine rings is 1. The summed E-state index contributed by atoms with van der Waals surface area (Å²) < 4.78 is 0. The molecule has 0 aromatic carbocycles. The SMILES string of the molecule is CC1NC(=O)CCC1N1CCCC1=N. The molecule has 0 aromatic heterocycles. The van der Waals surface area contributed by atoms with Crippen molar-refractivity contribution in [3.05, 3.63) is 0 Å². The minimum Gasteiger partial charge on any atom is -0.355 e. The van der Waals surface area contributed by atoms with E-state index in [0.717, 1.165) is 31.6 Å². The first kappa shape index (κ1) is 9.49. The topological polar surface area (TPSA) is 56.2 Å². The summed E-state index contributed by atoms with van der Waals surface area (Å²) in [4.78, 5) is 13.3. The van der Waals surface area contributed by atoms with Crippen LogP contribution in [-0.2, 0) is 4.79 Å². The maximum atomic E-state index is 11.1. The zero-order chi connectivity index (χ0) is 10.1. The molecule has 78 valence electrons. The highest BCUT2D eigenvalue weighted by molar-refractivity contribution is 5.82. The van der Waals surface area contributed by atoms with Crippen molar-refractivity contribution in [2.75, 3.05) is 6.54 Å². The van der Waals surface area contributed by atoms with Crippen LogP contribution in [0, 0.1) is 5.41 Å². The van der Waals surface area contributed by atoms with Crippen molar-refractivity contribution in [3.8, 4) is 0 Å². The highest BCUT2D eigenvalue weighted by Crippen LogP contribution is 2.22. The van der Waals surface area contributed by atoms with E-state index in [1.54, 1.807) is 0 Å². The van der Waals surface area contributed by atoms with Crippen LogP contribution in [0.3, 0.4) is 0 Å². The molecule has 1 amide bonds. The Hall–Kier alpha value is -1.06. The van der Waals surface area contributed by atoms with E-state index in [1.165, 1.54) is 0 Å². The van der Waals surface area contributed by atoms with Crippen molar-refractivity contribution >= 4 is 11.7 Å². The first-order valence-electron chi connectivity index (χ1n) is 5.32. The minimum absolute atomic E-state index is 0.152. The van der Waals surface area contributed by atoms with Gasteiger partial charge in [-0.25, -0.2) is 0 Å². The predicted molar refractivity (Wildman–Crippen MR) is 54.3 cm³/mol. The third kappa shape index (κ3) is 1.61. The molecule has 0 radical (unpaired) electrons. The summed E-state index contributed by atoms with van der Waals surface area (Å²) in [7, 11) is 0. The van der Waals surface area contributed by atoms with Crippen LogP contribution >= 0.6 is 0 Å². The van der Waals surface area contributed by atoms with Crippen LogP contribution in [0.25, 0.3) is 0 Å². The first-order valence-corrected chi connectivity index (χ1v) is 5.32. The maximum absolute atomic E-state index is 11.1. The van der Waals surface area contributed by atoms with Gasteiger partial charge in [-0.15, -0.1) is 0 Å². The van der Waals surface area contributed by atoms with Crippen LogP contribution in [-0.4, -0.2) is 35.3 Å². The summed E-state index contributed by atoms with van der Waals surface area (Å²) >= 11 is 0. The molecule has 0 aromatic rings. The third-order valence-corrected chi connectivity index (χ3v) is 3.19. The van der Waals surface area contributed by atoms with E-state index in [0.29, 0.717) is 12.5 Å². The minimum atomic E-state index is 0.152. The van der Waals surface area contributed by atoms with Gasteiger partial charge in [0.2, 0.25) is 5.91 Å². The van der Waals surface area contributed by atoms with Crippen molar-refractivity contribution in [3.63, 3.8) is 0 Å². The zero-order valence-electron chi connectivity index (χ0n) is 8.55. The highest BCUT2D eigenvalue weighted by atomic mass is 16.1. The van der Waals surface area contributed by atoms with Crippen LogP contribution in [0.4, 0.5) is 0 Å². The van der Waals surface area contributed by atoms with Gasteiger partial charge in [-0.1, -0.05) is 0 Å². The zero-order valence-corrected chi connectivity index (χ0v) is 8.55. The molecule has 2 saturated heterocycles. The Bertz CT molecular complexity index is 264. The lowest BCUT2D eigenvalue weighted by molar-refractivity contribution is -0.124. The number of carbonyl (C=O) groups is 1. The summed E-state index contributed by atoms with van der Waals surface area (Å²) in [6, 6.07) is 0.539. The first-order chi connectivity index (χ1) is 6.68. The molecule has 2 fully saturated rings. The molecule has 0 aliphatic carbocycles. The average Bonchev–Trinajstić information content (AvgIpc) is 2.52. The second-order valence-corrected chi connectivity index (χ2v) is 4.21. The van der Waals surface area contributed by atoms with Gasteiger partial charge in [0.15, 0.2) is 0 Å². The molecule has 2 N–H and O–H groups in total. The molecule has 4 heteroatoms. The Morgan fingerprint density at radius 1 is 1.50 bits per heavy atom. The number of likely N-dealkylation sites (tertiary alicyclic amines) is 1. The van der Waals surface area contributed by atoms with Gasteiger partial charge in [0, 0.05) is 25.4 Å². The molecule has 2 atom stereocenters. The number of carbonyl (C=O) groups excluding carboxylic acids is 1. The molecular formula is C10H17N3O. The third-order valence-electron chi connectivity index (χ3n) is 3.19. The molecule has 2 aliphatic heterocycles. The van der Waals surface area contributed by atoms with Gasteiger partial charge in [0.25, 0.3) is 0 Å². The Morgan fingerprint density at radius 2 is 2.29 bits per heavy atom. The Morgan fingerprint density at radius 3 is 2.86 bits per heavy atom. The van der Waals surface area contributed by atoms with Gasteiger partial charge < -0.3 is 10.2 Å². The van der Waals surface area contributed by atoms with E-state index in [1.807, 2.05) is 6.92 Å². The van der Waals surface area contributed by atoms with Gasteiger partial charge >= 0.3 is 0 Å². The van der Waals surface area contributed by atoms with E-state index in [9.17, 15) is 4.79 Å². The molecule has 14 heavy (non-hydrogen) atoms. The normalized spacial score (nSPS) is 33.4. The number of amidine groups is 1. The molecule has 2 unspecified atom stereocenters. The smallest absolute Gasteiger partial charge is 0.220 e. The number of nitrogens with one attached hydrogen (secondary N) is 2. The number of rotatable bonds is 1. The van der Waals surface area contributed by atoms with Crippen LogP contribution in [0.5, 0.6) is 0 Å². The number of hydrogen-bond acceptors (Lipinski definition) is 2. The largest absolute Gasteiger partial charge is 0.355 e. The summed E-state index contributed by atoms with van der Waals surface area (Å²) in [5.41, 5.74) is 0. The molecule has 2 aliphatic rings. The lowest BCUT2D eigenvalue weighted by Gasteiger charge is -2.37. The number of hydrogen-bond donors (Lipinski definition) is 2. The maximum Gasteiger partial charge on any atom is 0.220 e. The molecule has 2 rings (SSSR count). The second kappa shape index (κ2) is 3.59.